The van der Waals surface area contributed by atoms with Gasteiger partial charge in [-0.25, -0.2) is 4.39 Å². The zero-order valence-electron chi connectivity index (χ0n) is 10.8. The van der Waals surface area contributed by atoms with Crippen molar-refractivity contribution in [2.75, 3.05) is 0 Å². The summed E-state index contributed by atoms with van der Waals surface area (Å²) >= 11 is 10.7. The van der Waals surface area contributed by atoms with Crippen LogP contribution < -0.4 is 10.5 Å². The van der Waals surface area contributed by atoms with Gasteiger partial charge in [0.1, 0.15) is 23.2 Å². The van der Waals surface area contributed by atoms with Crippen molar-refractivity contribution in [2.45, 2.75) is 13.5 Å². The van der Waals surface area contributed by atoms with E-state index in [1.54, 1.807) is 18.2 Å². The quantitative estimate of drug-likeness (QED) is 0.867. The van der Waals surface area contributed by atoms with Crippen LogP contribution in [0.15, 0.2) is 36.4 Å². The van der Waals surface area contributed by atoms with Crippen molar-refractivity contribution in [1.82, 2.24) is 0 Å². The highest BCUT2D eigenvalue weighted by atomic mass is 35.5. The lowest BCUT2D eigenvalue weighted by atomic mass is 10.1. The second-order valence-electron chi connectivity index (χ2n) is 4.41. The van der Waals surface area contributed by atoms with Crippen LogP contribution in [0.3, 0.4) is 0 Å². The van der Waals surface area contributed by atoms with Crippen LogP contribution in [0.1, 0.15) is 16.7 Å². The molecule has 2 aromatic carbocycles. The van der Waals surface area contributed by atoms with Gasteiger partial charge in [0.25, 0.3) is 0 Å². The summed E-state index contributed by atoms with van der Waals surface area (Å²) in [5.74, 6) is 0.317. The summed E-state index contributed by atoms with van der Waals surface area (Å²) in [7, 11) is 0. The number of nitrogens with two attached hydrogens (primary N) is 1. The fourth-order valence-electron chi connectivity index (χ4n) is 1.81. The van der Waals surface area contributed by atoms with Crippen molar-refractivity contribution in [2.24, 2.45) is 5.73 Å². The fraction of sp³-hybridized carbons (Fsp3) is 0.133. The Hall–Kier alpha value is -1.65. The van der Waals surface area contributed by atoms with Gasteiger partial charge in [0, 0.05) is 10.6 Å². The summed E-state index contributed by atoms with van der Waals surface area (Å²) in [6.45, 7) is 2.13. The van der Waals surface area contributed by atoms with E-state index in [2.05, 4.69) is 0 Å². The highest BCUT2D eigenvalue weighted by Crippen LogP contribution is 2.23. The molecule has 0 aliphatic heterocycles. The van der Waals surface area contributed by atoms with Crippen LogP contribution in [0.2, 0.25) is 5.02 Å². The molecule has 0 aromatic heterocycles. The second-order valence-corrected chi connectivity index (χ2v) is 5.29. The summed E-state index contributed by atoms with van der Waals surface area (Å²) in [4.78, 5) is 0.161. The zero-order chi connectivity index (χ0) is 14.7. The first kappa shape index (κ1) is 14.8. The Kier molecular flexibility index (Phi) is 4.57. The number of halogens is 2. The number of aryl methyl sites for hydroxylation is 1. The van der Waals surface area contributed by atoms with Crippen LogP contribution in [-0.2, 0) is 6.61 Å². The summed E-state index contributed by atoms with van der Waals surface area (Å²) in [5.41, 5.74) is 7.59. The molecule has 0 saturated heterocycles. The van der Waals surface area contributed by atoms with E-state index in [1.165, 1.54) is 12.1 Å². The average molecular weight is 310 g/mol. The van der Waals surface area contributed by atoms with E-state index in [9.17, 15) is 4.39 Å². The van der Waals surface area contributed by atoms with Crippen LogP contribution >= 0.6 is 23.8 Å². The van der Waals surface area contributed by atoms with Gasteiger partial charge in [-0.3, -0.25) is 0 Å². The molecule has 2 N–H and O–H groups in total. The third-order valence-electron chi connectivity index (χ3n) is 2.77. The summed E-state index contributed by atoms with van der Waals surface area (Å²) in [5, 5.41) is 0.649. The van der Waals surface area contributed by atoms with Crippen molar-refractivity contribution >= 4 is 28.8 Å². The first-order valence-electron chi connectivity index (χ1n) is 5.94. The minimum absolute atomic E-state index is 0.161. The van der Waals surface area contributed by atoms with Gasteiger partial charge in [0.15, 0.2) is 0 Å². The lowest BCUT2D eigenvalue weighted by Gasteiger charge is -2.10. The van der Waals surface area contributed by atoms with Crippen LogP contribution in [0.5, 0.6) is 5.75 Å². The lowest BCUT2D eigenvalue weighted by molar-refractivity contribution is 0.303. The first-order chi connectivity index (χ1) is 9.45. The molecule has 2 nitrogen and oxygen atoms in total. The van der Waals surface area contributed by atoms with E-state index >= 15 is 0 Å². The van der Waals surface area contributed by atoms with Gasteiger partial charge >= 0.3 is 0 Å². The molecule has 0 saturated carbocycles. The monoisotopic (exact) mass is 309 g/mol. The van der Waals surface area contributed by atoms with E-state index in [0.29, 0.717) is 21.9 Å². The fourth-order valence-corrected chi connectivity index (χ4v) is 2.16. The first-order valence-corrected chi connectivity index (χ1v) is 6.72. The molecule has 0 spiro atoms. The molecule has 0 radical (unpaired) electrons. The van der Waals surface area contributed by atoms with Crippen LogP contribution in [0, 0.1) is 12.7 Å². The Balaban J connectivity index is 2.16. The lowest BCUT2D eigenvalue weighted by Crippen LogP contribution is -2.10. The molecule has 0 bridgehead atoms. The van der Waals surface area contributed by atoms with Crippen LogP contribution in [0.4, 0.5) is 4.39 Å². The zero-order valence-corrected chi connectivity index (χ0v) is 12.4. The van der Waals surface area contributed by atoms with Gasteiger partial charge in [-0.2, -0.15) is 0 Å². The minimum atomic E-state index is -0.387. The molecule has 0 unspecified atom stereocenters. The number of thiocarbonyl (C=S) groups is 1. The van der Waals surface area contributed by atoms with Crippen molar-refractivity contribution < 1.29 is 9.13 Å². The predicted octanol–water partition coefficient (Wildman–Crippen LogP) is 4.00. The molecule has 0 atom stereocenters. The number of rotatable bonds is 4. The Morgan fingerprint density at radius 2 is 2.05 bits per heavy atom. The predicted molar refractivity (Wildman–Crippen MR) is 82.8 cm³/mol. The van der Waals surface area contributed by atoms with Gasteiger partial charge in [-0.05, 0) is 54.4 Å². The van der Waals surface area contributed by atoms with E-state index in [0.717, 1.165) is 5.56 Å². The van der Waals surface area contributed by atoms with E-state index < -0.39 is 0 Å². The van der Waals surface area contributed by atoms with Crippen molar-refractivity contribution in [3.8, 4) is 5.75 Å². The molecule has 0 aliphatic rings. The van der Waals surface area contributed by atoms with Gasteiger partial charge in [-0.1, -0.05) is 23.8 Å². The largest absolute Gasteiger partial charge is 0.489 e. The Morgan fingerprint density at radius 1 is 1.30 bits per heavy atom. The van der Waals surface area contributed by atoms with Gasteiger partial charge < -0.3 is 10.5 Å². The van der Waals surface area contributed by atoms with E-state index in [4.69, 9.17) is 34.3 Å². The molecule has 0 heterocycles. The summed E-state index contributed by atoms with van der Waals surface area (Å²) < 4.78 is 19.1. The molecule has 0 amide bonds. The molecule has 2 rings (SSSR count). The van der Waals surface area contributed by atoms with E-state index in [-0.39, 0.29) is 17.4 Å². The number of hydrogen-bond donors (Lipinski definition) is 1. The third kappa shape index (κ3) is 3.68. The molecule has 0 aliphatic carbocycles. The van der Waals surface area contributed by atoms with Crippen molar-refractivity contribution in [1.29, 1.82) is 0 Å². The van der Waals surface area contributed by atoms with Crippen LogP contribution in [0.25, 0.3) is 0 Å². The SMILES string of the molecule is Cc1cc(Cl)ccc1OCc1cc(F)cc(C(N)=S)c1. The van der Waals surface area contributed by atoms with Gasteiger partial charge in [0.05, 0.1) is 0 Å². The Labute approximate surface area is 127 Å². The number of ether oxygens (including phenoxy) is 1. The molecule has 104 valence electrons. The molecule has 2 aromatic rings. The minimum Gasteiger partial charge on any atom is -0.489 e. The highest BCUT2D eigenvalue weighted by Gasteiger charge is 2.05. The highest BCUT2D eigenvalue weighted by molar-refractivity contribution is 7.80. The molecule has 5 heteroatoms. The number of benzene rings is 2. The summed E-state index contributed by atoms with van der Waals surface area (Å²) in [6, 6.07) is 9.76. The van der Waals surface area contributed by atoms with E-state index in [1.807, 2.05) is 13.0 Å². The maximum atomic E-state index is 13.5. The molecule has 0 fully saturated rings. The van der Waals surface area contributed by atoms with Crippen molar-refractivity contribution in [3.05, 3.63) is 63.9 Å². The smallest absolute Gasteiger partial charge is 0.124 e. The Bertz CT molecular complexity index is 660. The average Bonchev–Trinajstić information content (AvgIpc) is 2.37. The third-order valence-corrected chi connectivity index (χ3v) is 3.24. The molecular formula is C15H13ClFNOS. The van der Waals surface area contributed by atoms with Crippen LogP contribution in [-0.4, -0.2) is 4.99 Å². The maximum absolute atomic E-state index is 13.5. The topological polar surface area (TPSA) is 35.2 Å². The van der Waals surface area contributed by atoms with Crippen molar-refractivity contribution in [3.63, 3.8) is 0 Å². The summed E-state index contributed by atoms with van der Waals surface area (Å²) in [6.07, 6.45) is 0. The molecule has 20 heavy (non-hydrogen) atoms. The number of hydrogen-bond acceptors (Lipinski definition) is 2. The maximum Gasteiger partial charge on any atom is 0.124 e. The normalized spacial score (nSPS) is 10.3. The molecular weight excluding hydrogens is 297 g/mol. The second kappa shape index (κ2) is 6.20. The van der Waals surface area contributed by atoms with Gasteiger partial charge in [0.2, 0.25) is 0 Å². The van der Waals surface area contributed by atoms with Gasteiger partial charge in [-0.15, -0.1) is 0 Å². The standard InChI is InChI=1S/C15H13ClFNOS/c1-9-4-12(16)2-3-14(9)19-8-10-5-11(15(18)20)7-13(17)6-10/h2-7H,8H2,1H3,(H2,18,20). The Morgan fingerprint density at radius 3 is 2.70 bits per heavy atom.